The second kappa shape index (κ2) is 5.69. The van der Waals surface area contributed by atoms with E-state index in [0.717, 1.165) is 6.42 Å². The van der Waals surface area contributed by atoms with Crippen LogP contribution in [0, 0.1) is 34.0 Å². The van der Waals surface area contributed by atoms with Crippen molar-refractivity contribution < 1.29 is 34.4 Å². The van der Waals surface area contributed by atoms with Gasteiger partial charge in [0, 0.05) is 23.7 Å². The highest BCUT2D eigenvalue weighted by atomic mass is 16.6. The average molecular weight is 406 g/mol. The monoisotopic (exact) mass is 406 g/mol. The van der Waals surface area contributed by atoms with E-state index in [4.69, 9.17) is 9.47 Å². The van der Waals surface area contributed by atoms with Gasteiger partial charge in [-0.25, -0.2) is 0 Å². The van der Waals surface area contributed by atoms with Crippen LogP contribution in [-0.4, -0.2) is 58.3 Å². The number of esters is 1. The van der Waals surface area contributed by atoms with Crippen LogP contribution in [0.5, 0.6) is 0 Å². The van der Waals surface area contributed by atoms with Crippen molar-refractivity contribution in [1.29, 1.82) is 0 Å². The number of ketones is 1. The Labute approximate surface area is 170 Å². The summed E-state index contributed by atoms with van der Waals surface area (Å²) in [6, 6.07) is 0. The van der Waals surface area contributed by atoms with Crippen molar-refractivity contribution in [2.24, 2.45) is 34.0 Å². The third kappa shape index (κ3) is 1.98. The maximum Gasteiger partial charge on any atom is 0.302 e. The highest BCUT2D eigenvalue weighted by Crippen LogP contribution is 2.76. The van der Waals surface area contributed by atoms with Crippen LogP contribution in [0.15, 0.2) is 12.2 Å². The fourth-order valence-corrected chi connectivity index (χ4v) is 8.08. The Balaban J connectivity index is 1.69. The number of ether oxygens (including phenoxy) is 2. The largest absolute Gasteiger partial charge is 0.465 e. The van der Waals surface area contributed by atoms with Crippen molar-refractivity contribution in [2.45, 2.75) is 63.9 Å². The van der Waals surface area contributed by atoms with Gasteiger partial charge in [0.25, 0.3) is 0 Å². The van der Waals surface area contributed by atoms with E-state index in [1.807, 2.05) is 6.92 Å². The third-order valence-corrected chi connectivity index (χ3v) is 9.25. The number of fused-ring (bicyclic) bond motifs is 2. The lowest BCUT2D eigenvalue weighted by Gasteiger charge is -2.74. The molecule has 3 N–H and O–H groups in total. The Morgan fingerprint density at radius 2 is 2.03 bits per heavy atom. The van der Waals surface area contributed by atoms with Crippen molar-refractivity contribution in [3.05, 3.63) is 12.2 Å². The van der Waals surface area contributed by atoms with Crippen LogP contribution in [0.25, 0.3) is 0 Å². The first-order chi connectivity index (χ1) is 13.5. The maximum atomic E-state index is 13.4. The van der Waals surface area contributed by atoms with Gasteiger partial charge in [-0.2, -0.15) is 0 Å². The van der Waals surface area contributed by atoms with Crippen LogP contribution in [0.2, 0.25) is 0 Å². The van der Waals surface area contributed by atoms with Crippen molar-refractivity contribution >= 4 is 11.8 Å². The number of carbonyl (C=O) groups excluding carboxylic acids is 2. The number of hydrogen-bond donors (Lipinski definition) is 3. The molecule has 6 fully saturated rings. The summed E-state index contributed by atoms with van der Waals surface area (Å²) >= 11 is 0. The fourth-order valence-electron chi connectivity index (χ4n) is 8.08. The Morgan fingerprint density at radius 3 is 2.72 bits per heavy atom. The first kappa shape index (κ1) is 19.7. The molecule has 2 aliphatic heterocycles. The molecule has 0 aromatic rings. The van der Waals surface area contributed by atoms with Crippen LogP contribution in [0.1, 0.15) is 46.0 Å². The van der Waals surface area contributed by atoms with E-state index < -0.39 is 46.1 Å². The molecule has 7 heteroatoms. The smallest absolute Gasteiger partial charge is 0.302 e. The Morgan fingerprint density at radius 1 is 1.31 bits per heavy atom. The Kier molecular flexibility index (Phi) is 3.86. The second-order valence-corrected chi connectivity index (χ2v) is 10.4. The van der Waals surface area contributed by atoms with Gasteiger partial charge in [0.15, 0.2) is 5.78 Å². The highest BCUT2D eigenvalue weighted by molar-refractivity contribution is 6.04. The van der Waals surface area contributed by atoms with Gasteiger partial charge in [0.05, 0.1) is 24.7 Å². The van der Waals surface area contributed by atoms with Crippen LogP contribution in [0.4, 0.5) is 0 Å². The molecule has 2 saturated heterocycles. The van der Waals surface area contributed by atoms with E-state index in [1.165, 1.54) is 6.92 Å². The quantitative estimate of drug-likeness (QED) is 0.462. The molecule has 0 radical (unpaired) electrons. The van der Waals surface area contributed by atoms with E-state index in [0.29, 0.717) is 31.3 Å². The van der Waals surface area contributed by atoms with Gasteiger partial charge in [-0.05, 0) is 49.5 Å². The average Bonchev–Trinajstić information content (AvgIpc) is 2.87. The minimum absolute atomic E-state index is 0.0130. The van der Waals surface area contributed by atoms with Gasteiger partial charge in [-0.15, -0.1) is 0 Å². The topological polar surface area (TPSA) is 113 Å². The number of carbonyl (C=O) groups is 2. The molecule has 29 heavy (non-hydrogen) atoms. The number of hydrogen-bond acceptors (Lipinski definition) is 7. The van der Waals surface area contributed by atoms with Crippen molar-refractivity contribution in [3.8, 4) is 0 Å². The third-order valence-electron chi connectivity index (χ3n) is 9.25. The number of aliphatic hydroxyl groups is 3. The summed E-state index contributed by atoms with van der Waals surface area (Å²) in [6.45, 7) is 7.44. The number of rotatable bonds is 2. The van der Waals surface area contributed by atoms with Gasteiger partial charge in [-0.1, -0.05) is 13.5 Å². The molecule has 160 valence electrons. The summed E-state index contributed by atoms with van der Waals surface area (Å²) in [5, 5.41) is 34.6. The van der Waals surface area contributed by atoms with Crippen LogP contribution in [0.3, 0.4) is 0 Å². The van der Waals surface area contributed by atoms with Crippen LogP contribution in [-0.2, 0) is 19.1 Å². The Hall–Kier alpha value is -1.28. The van der Waals surface area contributed by atoms with Crippen molar-refractivity contribution in [3.63, 3.8) is 0 Å². The minimum Gasteiger partial charge on any atom is -0.465 e. The number of allylic oxidation sites excluding steroid dienone is 1. The van der Waals surface area contributed by atoms with E-state index in [1.54, 1.807) is 0 Å². The van der Waals surface area contributed by atoms with Crippen LogP contribution < -0.4 is 0 Å². The SMILES string of the molecule is C=C1C(=O)[C@]23C[C@H]1CC[C@H]2[C@@]12CO[C@@]3(O)[C@H](O)[C@@H]1[C@](C)(COC(C)=O)CC[C@H]2O. The molecule has 7 nitrogen and oxygen atoms in total. The zero-order chi connectivity index (χ0) is 21.0. The van der Waals surface area contributed by atoms with Gasteiger partial charge < -0.3 is 24.8 Å². The summed E-state index contributed by atoms with van der Waals surface area (Å²) in [6.07, 6.45) is 0.743. The molecule has 4 saturated carbocycles. The molecule has 4 bridgehead atoms. The zero-order valence-electron chi connectivity index (χ0n) is 17.0. The molecule has 4 aliphatic carbocycles. The molecule has 9 atom stereocenters. The minimum atomic E-state index is -2.02. The summed E-state index contributed by atoms with van der Waals surface area (Å²) in [5.41, 5.74) is -2.27. The summed E-state index contributed by atoms with van der Waals surface area (Å²) in [4.78, 5) is 24.9. The maximum absolute atomic E-state index is 13.4. The molecular formula is C22H30O7. The predicted octanol–water partition coefficient (Wildman–Crippen LogP) is 0.948. The number of aliphatic hydroxyl groups excluding tert-OH is 2. The second-order valence-electron chi connectivity index (χ2n) is 10.4. The molecule has 2 spiro atoms. The van der Waals surface area contributed by atoms with Gasteiger partial charge in [0.1, 0.15) is 6.10 Å². The van der Waals surface area contributed by atoms with Gasteiger partial charge >= 0.3 is 5.97 Å². The van der Waals surface area contributed by atoms with E-state index in [2.05, 4.69) is 6.58 Å². The molecule has 6 rings (SSSR count). The standard InChI is InChI=1S/C22H30O7/c1-11-13-4-5-14-20-10-29-22(27,21(14,8-13)17(11)25)18(26)16(20)19(3,7-6-15(20)24)9-28-12(2)23/h13-16,18,24,26-27H,1,4-10H2,2-3H3/t13-,14+,15-,16-,18-,19+,20-,21+,22+/m1/s1. The van der Waals surface area contributed by atoms with Gasteiger partial charge in [0.2, 0.25) is 5.79 Å². The Bertz CT molecular complexity index is 809. The van der Waals surface area contributed by atoms with Crippen molar-refractivity contribution in [2.75, 3.05) is 13.2 Å². The predicted molar refractivity (Wildman–Crippen MR) is 100 cm³/mol. The molecule has 6 aliphatic rings. The lowest BCUT2D eigenvalue weighted by molar-refractivity contribution is -0.450. The highest BCUT2D eigenvalue weighted by Gasteiger charge is 2.84. The summed E-state index contributed by atoms with van der Waals surface area (Å²) in [7, 11) is 0. The van der Waals surface area contributed by atoms with E-state index in [-0.39, 0.29) is 30.8 Å². The normalized spacial score (nSPS) is 55.4. The van der Waals surface area contributed by atoms with Crippen LogP contribution >= 0.6 is 0 Å². The van der Waals surface area contributed by atoms with Gasteiger partial charge in [-0.3, -0.25) is 9.59 Å². The van der Waals surface area contributed by atoms with Crippen molar-refractivity contribution in [1.82, 2.24) is 0 Å². The zero-order valence-corrected chi connectivity index (χ0v) is 17.0. The molecule has 0 amide bonds. The molecular weight excluding hydrogens is 376 g/mol. The first-order valence-electron chi connectivity index (χ1n) is 10.6. The molecule has 0 aromatic carbocycles. The molecule has 0 aromatic heterocycles. The number of Topliss-reactive ketones (excluding diaryl/α,β-unsaturated/α-hetero) is 1. The first-order valence-corrected chi connectivity index (χ1v) is 10.6. The van der Waals surface area contributed by atoms with E-state index in [9.17, 15) is 24.9 Å². The fraction of sp³-hybridized carbons (Fsp3) is 0.818. The summed E-state index contributed by atoms with van der Waals surface area (Å²) in [5.74, 6) is -3.52. The lowest BCUT2D eigenvalue weighted by Crippen LogP contribution is -2.84. The molecule has 0 unspecified atom stereocenters. The lowest BCUT2D eigenvalue weighted by atomic mass is 9.36. The van der Waals surface area contributed by atoms with E-state index >= 15 is 0 Å². The molecule has 2 heterocycles. The summed E-state index contributed by atoms with van der Waals surface area (Å²) < 4.78 is 11.3.